The van der Waals surface area contributed by atoms with Crippen LogP contribution in [0.1, 0.15) is 30.6 Å². The van der Waals surface area contributed by atoms with E-state index in [1.165, 1.54) is 0 Å². The molecule has 0 spiro atoms. The van der Waals surface area contributed by atoms with Gasteiger partial charge in [-0.25, -0.2) is 0 Å². The number of nitrogens with zero attached hydrogens (tertiary/aromatic N) is 3. The Labute approximate surface area is 116 Å². The summed E-state index contributed by atoms with van der Waals surface area (Å²) < 4.78 is 0.776. The number of aromatic nitrogens is 1. The number of halogens is 1. The highest BCUT2D eigenvalue weighted by Gasteiger charge is 2.17. The first-order valence-electron chi connectivity index (χ1n) is 5.81. The zero-order valence-electron chi connectivity index (χ0n) is 10.6. The van der Waals surface area contributed by atoms with Crippen molar-refractivity contribution in [1.82, 2.24) is 9.88 Å². The van der Waals surface area contributed by atoms with E-state index in [9.17, 15) is 4.79 Å². The van der Waals surface area contributed by atoms with E-state index in [2.05, 4.69) is 27.0 Å². The van der Waals surface area contributed by atoms with Crippen LogP contribution in [0.3, 0.4) is 0 Å². The molecular formula is C13H16BrN3O. The van der Waals surface area contributed by atoms with Crippen molar-refractivity contribution in [2.75, 3.05) is 13.1 Å². The van der Waals surface area contributed by atoms with Crippen LogP contribution < -0.4 is 0 Å². The minimum atomic E-state index is -0.0762. The van der Waals surface area contributed by atoms with Crippen LogP contribution in [0.5, 0.6) is 0 Å². The molecule has 18 heavy (non-hydrogen) atoms. The molecule has 0 N–H and O–H groups in total. The fraction of sp³-hybridized carbons (Fsp3) is 0.462. The third-order valence-electron chi connectivity index (χ3n) is 2.32. The summed E-state index contributed by atoms with van der Waals surface area (Å²) in [5, 5.41) is 8.64. The fourth-order valence-corrected chi connectivity index (χ4v) is 1.98. The summed E-state index contributed by atoms with van der Waals surface area (Å²) in [6, 6.07) is 3.82. The molecule has 96 valence electrons. The maximum Gasteiger partial charge on any atom is 0.255 e. The largest absolute Gasteiger partial charge is 0.337 e. The van der Waals surface area contributed by atoms with Crippen LogP contribution in [0.15, 0.2) is 22.9 Å². The SMILES string of the molecule is CC(C)CN(CCC#N)C(=O)c1cncc(Br)c1. The second kappa shape index (κ2) is 7.12. The number of rotatable bonds is 5. The molecule has 0 aromatic carbocycles. The van der Waals surface area contributed by atoms with Gasteiger partial charge in [0, 0.05) is 30.0 Å². The van der Waals surface area contributed by atoms with Crippen molar-refractivity contribution in [3.05, 3.63) is 28.5 Å². The molecule has 0 aliphatic carbocycles. The Hall–Kier alpha value is -1.41. The molecule has 0 saturated carbocycles. The molecule has 0 unspecified atom stereocenters. The van der Waals surface area contributed by atoms with E-state index < -0.39 is 0 Å². The van der Waals surface area contributed by atoms with Crippen molar-refractivity contribution in [1.29, 1.82) is 5.26 Å². The highest BCUT2D eigenvalue weighted by Crippen LogP contribution is 2.13. The average Bonchev–Trinajstić information content (AvgIpc) is 2.33. The van der Waals surface area contributed by atoms with E-state index in [0.717, 1.165) is 4.47 Å². The summed E-state index contributed by atoms with van der Waals surface area (Å²) in [7, 11) is 0. The first-order chi connectivity index (χ1) is 8.54. The van der Waals surface area contributed by atoms with Crippen LogP contribution in [0.4, 0.5) is 0 Å². The van der Waals surface area contributed by atoms with Gasteiger partial charge in [0.2, 0.25) is 0 Å². The number of amides is 1. The molecule has 1 heterocycles. The number of carbonyl (C=O) groups is 1. The number of pyridine rings is 1. The smallest absolute Gasteiger partial charge is 0.255 e. The zero-order chi connectivity index (χ0) is 13.5. The van der Waals surface area contributed by atoms with E-state index in [1.54, 1.807) is 23.4 Å². The molecule has 0 saturated heterocycles. The van der Waals surface area contributed by atoms with Crippen molar-refractivity contribution in [2.24, 2.45) is 5.92 Å². The van der Waals surface area contributed by atoms with Crippen molar-refractivity contribution in [3.8, 4) is 6.07 Å². The van der Waals surface area contributed by atoms with Crippen LogP contribution in [-0.4, -0.2) is 28.9 Å². The van der Waals surface area contributed by atoms with Gasteiger partial charge in [-0.2, -0.15) is 5.26 Å². The van der Waals surface area contributed by atoms with Gasteiger partial charge >= 0.3 is 0 Å². The zero-order valence-corrected chi connectivity index (χ0v) is 12.1. The number of nitriles is 1. The second-order valence-electron chi connectivity index (χ2n) is 4.44. The van der Waals surface area contributed by atoms with Gasteiger partial charge in [-0.3, -0.25) is 9.78 Å². The summed E-state index contributed by atoms with van der Waals surface area (Å²) in [6.07, 6.45) is 3.53. The molecule has 0 atom stereocenters. The molecular weight excluding hydrogens is 294 g/mol. The van der Waals surface area contributed by atoms with E-state index in [4.69, 9.17) is 5.26 Å². The van der Waals surface area contributed by atoms with E-state index >= 15 is 0 Å². The highest BCUT2D eigenvalue weighted by atomic mass is 79.9. The molecule has 0 bridgehead atoms. The molecule has 0 fully saturated rings. The molecule has 0 aliphatic rings. The first kappa shape index (κ1) is 14.7. The second-order valence-corrected chi connectivity index (χ2v) is 5.36. The third kappa shape index (κ3) is 4.46. The van der Waals surface area contributed by atoms with Crippen LogP contribution >= 0.6 is 15.9 Å². The molecule has 0 aliphatic heterocycles. The van der Waals surface area contributed by atoms with Crippen molar-refractivity contribution in [2.45, 2.75) is 20.3 Å². The lowest BCUT2D eigenvalue weighted by molar-refractivity contribution is 0.0739. The fourth-order valence-electron chi connectivity index (χ4n) is 1.61. The van der Waals surface area contributed by atoms with Crippen LogP contribution in [0.2, 0.25) is 0 Å². The minimum Gasteiger partial charge on any atom is -0.337 e. The molecule has 1 amide bonds. The van der Waals surface area contributed by atoms with E-state index in [1.807, 2.05) is 13.8 Å². The van der Waals surface area contributed by atoms with Crippen molar-refractivity contribution < 1.29 is 4.79 Å². The van der Waals surface area contributed by atoms with Gasteiger partial charge < -0.3 is 4.90 Å². The Morgan fingerprint density at radius 2 is 2.28 bits per heavy atom. The molecule has 5 heteroatoms. The summed E-state index contributed by atoms with van der Waals surface area (Å²) in [5.41, 5.74) is 0.544. The third-order valence-corrected chi connectivity index (χ3v) is 2.75. The van der Waals surface area contributed by atoms with E-state index in [0.29, 0.717) is 31.0 Å². The Bertz CT molecular complexity index is 454. The summed E-state index contributed by atoms with van der Waals surface area (Å²) in [4.78, 5) is 18.0. The highest BCUT2D eigenvalue weighted by molar-refractivity contribution is 9.10. The number of hydrogen-bond acceptors (Lipinski definition) is 3. The summed E-state index contributed by atoms with van der Waals surface area (Å²) >= 11 is 3.30. The lowest BCUT2D eigenvalue weighted by Gasteiger charge is -2.23. The predicted molar refractivity (Wildman–Crippen MR) is 72.9 cm³/mol. The van der Waals surface area contributed by atoms with Crippen molar-refractivity contribution in [3.63, 3.8) is 0 Å². The van der Waals surface area contributed by atoms with Gasteiger partial charge in [0.15, 0.2) is 0 Å². The van der Waals surface area contributed by atoms with Crippen LogP contribution in [-0.2, 0) is 0 Å². The maximum absolute atomic E-state index is 12.3. The number of hydrogen-bond donors (Lipinski definition) is 0. The first-order valence-corrected chi connectivity index (χ1v) is 6.60. The summed E-state index contributed by atoms with van der Waals surface area (Å²) in [5.74, 6) is 0.292. The summed E-state index contributed by atoms with van der Waals surface area (Å²) in [6.45, 7) is 5.20. The molecule has 4 nitrogen and oxygen atoms in total. The Morgan fingerprint density at radius 1 is 1.56 bits per heavy atom. The van der Waals surface area contributed by atoms with Gasteiger partial charge in [0.05, 0.1) is 18.1 Å². The molecule has 1 aromatic rings. The quantitative estimate of drug-likeness (QED) is 0.840. The Balaban J connectivity index is 2.84. The minimum absolute atomic E-state index is 0.0762. The Morgan fingerprint density at radius 3 is 2.83 bits per heavy atom. The lowest BCUT2D eigenvalue weighted by Crippen LogP contribution is -2.35. The van der Waals surface area contributed by atoms with Gasteiger partial charge in [-0.05, 0) is 27.9 Å². The van der Waals surface area contributed by atoms with Gasteiger partial charge in [-0.1, -0.05) is 13.8 Å². The van der Waals surface area contributed by atoms with Gasteiger partial charge in [-0.15, -0.1) is 0 Å². The topological polar surface area (TPSA) is 57.0 Å². The Kier molecular flexibility index (Phi) is 5.79. The normalized spacial score (nSPS) is 10.2. The monoisotopic (exact) mass is 309 g/mol. The predicted octanol–water partition coefficient (Wildman–Crippen LogP) is 2.86. The van der Waals surface area contributed by atoms with Gasteiger partial charge in [0.25, 0.3) is 5.91 Å². The lowest BCUT2D eigenvalue weighted by atomic mass is 10.1. The van der Waals surface area contributed by atoms with Gasteiger partial charge in [0.1, 0.15) is 0 Å². The average molecular weight is 310 g/mol. The molecule has 0 radical (unpaired) electrons. The van der Waals surface area contributed by atoms with Crippen LogP contribution in [0, 0.1) is 17.2 Å². The van der Waals surface area contributed by atoms with Crippen molar-refractivity contribution >= 4 is 21.8 Å². The molecule has 1 aromatic heterocycles. The van der Waals surface area contributed by atoms with E-state index in [-0.39, 0.29) is 5.91 Å². The molecule has 1 rings (SSSR count). The van der Waals surface area contributed by atoms with Crippen LogP contribution in [0.25, 0.3) is 0 Å². The number of carbonyl (C=O) groups excluding carboxylic acids is 1. The standard InChI is InChI=1S/C13H16BrN3O/c1-10(2)9-17(5-3-4-15)13(18)11-6-12(14)8-16-7-11/h6-8,10H,3,5,9H2,1-2H3. The maximum atomic E-state index is 12.3.